The molecule has 1 fully saturated rings. The predicted octanol–water partition coefficient (Wildman–Crippen LogP) is 6.23. The zero-order valence-corrected chi connectivity index (χ0v) is 17.0. The summed E-state index contributed by atoms with van der Waals surface area (Å²) < 4.78 is 71.0. The van der Waals surface area contributed by atoms with Crippen molar-refractivity contribution in [2.75, 3.05) is 20.3 Å². The topological polar surface area (TPSA) is 27.7 Å². The van der Waals surface area contributed by atoms with Gasteiger partial charge < -0.3 is 14.2 Å². The third-order valence-corrected chi connectivity index (χ3v) is 5.72. The Kier molecular flexibility index (Phi) is 5.90. The van der Waals surface area contributed by atoms with Crippen LogP contribution in [0.5, 0.6) is 5.75 Å². The molecule has 0 saturated carbocycles. The van der Waals surface area contributed by atoms with Gasteiger partial charge in [0.2, 0.25) is 0 Å². The Balaban J connectivity index is 1.64. The number of fused-ring (bicyclic) bond motifs is 1. The lowest BCUT2D eigenvalue weighted by Crippen LogP contribution is -2.35. The fourth-order valence-electron chi connectivity index (χ4n) is 3.94. The number of ether oxygens (including phenoxy) is 3. The molecule has 0 aromatic heterocycles. The van der Waals surface area contributed by atoms with Gasteiger partial charge in [-0.15, -0.1) is 0 Å². The summed E-state index contributed by atoms with van der Waals surface area (Å²) in [5, 5.41) is 1.57. The lowest BCUT2D eigenvalue weighted by molar-refractivity contribution is -0.138. The van der Waals surface area contributed by atoms with Crippen molar-refractivity contribution >= 4 is 10.8 Å². The van der Waals surface area contributed by atoms with Crippen LogP contribution in [0.2, 0.25) is 0 Å². The van der Waals surface area contributed by atoms with E-state index in [1.165, 1.54) is 19.2 Å². The van der Waals surface area contributed by atoms with Crippen LogP contribution < -0.4 is 4.74 Å². The van der Waals surface area contributed by atoms with E-state index in [0.717, 1.165) is 23.1 Å². The van der Waals surface area contributed by atoms with E-state index in [4.69, 9.17) is 14.2 Å². The molecule has 0 bridgehead atoms. The Morgan fingerprint density at radius 1 is 0.935 bits per heavy atom. The first kappa shape index (κ1) is 21.6. The summed E-state index contributed by atoms with van der Waals surface area (Å²) in [6.07, 6.45) is -3.60. The van der Waals surface area contributed by atoms with Crippen molar-refractivity contribution in [3.63, 3.8) is 0 Å². The van der Waals surface area contributed by atoms with Gasteiger partial charge in [0, 0.05) is 33.2 Å². The predicted molar refractivity (Wildman–Crippen MR) is 108 cm³/mol. The molecule has 0 spiro atoms. The second-order valence-electron chi connectivity index (χ2n) is 7.67. The molecule has 0 N–H and O–H groups in total. The monoisotopic (exact) mass is 434 g/mol. The second kappa shape index (κ2) is 8.48. The molecule has 3 nitrogen and oxygen atoms in total. The van der Waals surface area contributed by atoms with Gasteiger partial charge >= 0.3 is 6.18 Å². The van der Waals surface area contributed by atoms with Crippen LogP contribution in [0.3, 0.4) is 0 Å². The minimum atomic E-state index is -4.52. The number of rotatable bonds is 5. The summed E-state index contributed by atoms with van der Waals surface area (Å²) in [6.45, 7) is 0.873. The highest BCUT2D eigenvalue weighted by Gasteiger charge is 2.38. The molecule has 0 radical (unpaired) electrons. The number of hydrogen-bond acceptors (Lipinski definition) is 3. The molecule has 0 atom stereocenters. The van der Waals surface area contributed by atoms with E-state index in [0.29, 0.717) is 37.0 Å². The van der Waals surface area contributed by atoms with E-state index < -0.39 is 17.3 Å². The van der Waals surface area contributed by atoms with E-state index in [2.05, 4.69) is 0 Å². The molecule has 1 aliphatic heterocycles. The first-order valence-corrected chi connectivity index (χ1v) is 9.96. The Morgan fingerprint density at radius 2 is 1.68 bits per heavy atom. The molecule has 0 amide bonds. The van der Waals surface area contributed by atoms with Crippen LogP contribution in [0.4, 0.5) is 17.6 Å². The Labute approximate surface area is 177 Å². The number of hydrogen-bond donors (Lipinski definition) is 0. The van der Waals surface area contributed by atoms with Crippen molar-refractivity contribution in [1.82, 2.24) is 0 Å². The van der Waals surface area contributed by atoms with Crippen molar-refractivity contribution in [3.05, 3.63) is 77.1 Å². The minimum Gasteiger partial charge on any atom is -0.489 e. The summed E-state index contributed by atoms with van der Waals surface area (Å²) in [4.78, 5) is 0. The maximum absolute atomic E-state index is 13.6. The average Bonchev–Trinajstić information content (AvgIpc) is 2.77. The lowest BCUT2D eigenvalue weighted by Gasteiger charge is -2.36. The summed E-state index contributed by atoms with van der Waals surface area (Å²) in [6, 6.07) is 13.6. The smallest absolute Gasteiger partial charge is 0.416 e. The average molecular weight is 434 g/mol. The summed E-state index contributed by atoms with van der Waals surface area (Å²) >= 11 is 0. The van der Waals surface area contributed by atoms with Crippen molar-refractivity contribution in [3.8, 4) is 5.75 Å². The minimum absolute atomic E-state index is 0.0519. The van der Waals surface area contributed by atoms with Gasteiger partial charge in [0.1, 0.15) is 18.2 Å². The molecule has 0 unspecified atom stereocenters. The van der Waals surface area contributed by atoms with Crippen LogP contribution >= 0.6 is 0 Å². The zero-order chi connectivity index (χ0) is 22.1. The highest BCUT2D eigenvalue weighted by molar-refractivity contribution is 5.83. The van der Waals surface area contributed by atoms with E-state index in [1.807, 2.05) is 12.1 Å². The molecular formula is C24H22F4O3. The van der Waals surface area contributed by atoms with Gasteiger partial charge in [-0.25, -0.2) is 4.39 Å². The van der Waals surface area contributed by atoms with Crippen LogP contribution in [0, 0.1) is 5.82 Å². The van der Waals surface area contributed by atoms with Crippen molar-refractivity contribution in [2.45, 2.75) is 31.2 Å². The Morgan fingerprint density at radius 3 is 2.39 bits per heavy atom. The van der Waals surface area contributed by atoms with Gasteiger partial charge in [0.05, 0.1) is 11.2 Å². The van der Waals surface area contributed by atoms with Crippen LogP contribution in [-0.2, 0) is 27.9 Å². The summed E-state index contributed by atoms with van der Waals surface area (Å²) in [5.41, 5.74) is -0.491. The molecule has 1 aliphatic rings. The first-order chi connectivity index (χ1) is 14.8. The third kappa shape index (κ3) is 4.67. The molecule has 3 aromatic rings. The molecule has 3 aromatic carbocycles. The summed E-state index contributed by atoms with van der Waals surface area (Å²) in [5.74, 6) is -0.249. The van der Waals surface area contributed by atoms with Gasteiger partial charge in [-0.2, -0.15) is 13.2 Å². The normalized spacial score (nSPS) is 16.4. The molecule has 4 rings (SSSR count). The van der Waals surface area contributed by atoms with Crippen molar-refractivity contribution in [1.29, 1.82) is 0 Å². The van der Waals surface area contributed by atoms with Crippen LogP contribution in [0.1, 0.15) is 29.5 Å². The number of halogens is 4. The number of alkyl halides is 3. The molecule has 164 valence electrons. The lowest BCUT2D eigenvalue weighted by atomic mass is 9.85. The number of benzene rings is 3. The Hall–Kier alpha value is -2.64. The largest absolute Gasteiger partial charge is 0.489 e. The highest BCUT2D eigenvalue weighted by atomic mass is 19.4. The maximum atomic E-state index is 13.6. The molecule has 0 aliphatic carbocycles. The second-order valence-corrected chi connectivity index (χ2v) is 7.67. The third-order valence-electron chi connectivity index (χ3n) is 5.72. The van der Waals surface area contributed by atoms with Gasteiger partial charge in [-0.3, -0.25) is 0 Å². The maximum Gasteiger partial charge on any atom is 0.416 e. The Bertz CT molecular complexity index is 1070. The fourth-order valence-corrected chi connectivity index (χ4v) is 3.94. The SMILES string of the molecule is COC1(c2cc(OCc3ccc4ccc(F)cc4c3)cc(C(F)(F)F)c2)CCOCC1. The van der Waals surface area contributed by atoms with Gasteiger partial charge in [-0.05, 0) is 58.3 Å². The fraction of sp³-hybridized carbons (Fsp3) is 0.333. The van der Waals surface area contributed by atoms with Crippen molar-refractivity contribution < 1.29 is 31.8 Å². The molecule has 31 heavy (non-hydrogen) atoms. The van der Waals surface area contributed by atoms with E-state index in [-0.39, 0.29) is 18.2 Å². The van der Waals surface area contributed by atoms with Gasteiger partial charge in [-0.1, -0.05) is 18.2 Å². The van der Waals surface area contributed by atoms with E-state index in [1.54, 1.807) is 18.2 Å². The first-order valence-electron chi connectivity index (χ1n) is 9.96. The molecule has 1 heterocycles. The number of methoxy groups -OCH3 is 1. The van der Waals surface area contributed by atoms with Gasteiger partial charge in [0.15, 0.2) is 0 Å². The van der Waals surface area contributed by atoms with Crippen LogP contribution in [0.15, 0.2) is 54.6 Å². The molecule has 7 heteroatoms. The highest BCUT2D eigenvalue weighted by Crippen LogP contribution is 2.41. The van der Waals surface area contributed by atoms with E-state index in [9.17, 15) is 17.6 Å². The standard InChI is InChI=1S/C24H22F4O3/c1-29-23(6-8-30-9-7-23)19-12-20(24(26,27)28)14-22(13-19)31-15-16-2-3-17-4-5-21(25)11-18(17)10-16/h2-5,10-14H,6-9,15H2,1H3. The molecule has 1 saturated heterocycles. The summed E-state index contributed by atoms with van der Waals surface area (Å²) in [7, 11) is 1.50. The van der Waals surface area contributed by atoms with Crippen LogP contribution in [0.25, 0.3) is 10.8 Å². The van der Waals surface area contributed by atoms with Crippen LogP contribution in [-0.4, -0.2) is 20.3 Å². The van der Waals surface area contributed by atoms with Crippen molar-refractivity contribution in [2.24, 2.45) is 0 Å². The zero-order valence-electron chi connectivity index (χ0n) is 17.0. The molecular weight excluding hydrogens is 412 g/mol. The van der Waals surface area contributed by atoms with E-state index >= 15 is 0 Å². The van der Waals surface area contributed by atoms with Gasteiger partial charge in [0.25, 0.3) is 0 Å². The quantitative estimate of drug-likeness (QED) is 0.446.